The van der Waals surface area contributed by atoms with Gasteiger partial charge in [-0.1, -0.05) is 6.92 Å². The standard InChI is InChI=1S/C23H29N5O/c1-16-3-2-10-28(15-16)21(29)13-17-6-11-27(12-7-17)20-5-9-24-19-14-26-23-18(22(19)20)4-8-25-23/h4-5,8-9,14,16-17,24H,2-3,6-7,10-13,15H2,1H3. The van der Waals surface area contributed by atoms with Crippen LogP contribution < -0.4 is 4.90 Å². The van der Waals surface area contributed by atoms with Crippen molar-refractivity contribution in [1.82, 2.24) is 19.9 Å². The number of pyridine rings is 2. The molecule has 152 valence electrons. The van der Waals surface area contributed by atoms with Gasteiger partial charge in [0, 0.05) is 61.5 Å². The van der Waals surface area contributed by atoms with Gasteiger partial charge in [0.1, 0.15) is 0 Å². The van der Waals surface area contributed by atoms with Crippen LogP contribution in [0.5, 0.6) is 0 Å². The second-order valence-corrected chi connectivity index (χ2v) is 8.81. The van der Waals surface area contributed by atoms with Crippen molar-refractivity contribution < 1.29 is 4.79 Å². The molecule has 29 heavy (non-hydrogen) atoms. The molecule has 0 radical (unpaired) electrons. The van der Waals surface area contributed by atoms with E-state index in [0.29, 0.717) is 24.2 Å². The number of aromatic amines is 1. The Hall–Kier alpha value is -2.63. The van der Waals surface area contributed by atoms with Gasteiger partial charge >= 0.3 is 0 Å². The van der Waals surface area contributed by atoms with Crippen molar-refractivity contribution in [3.8, 4) is 0 Å². The Kier molecular flexibility index (Phi) is 4.86. The first-order chi connectivity index (χ1) is 14.2. The molecule has 2 saturated heterocycles. The molecule has 3 aromatic rings. The number of carbonyl (C=O) groups is 1. The number of piperidine rings is 2. The SMILES string of the molecule is CC1CCCN(C(=O)CC2CCN(c3cc[nH]c4cnc5nccc5c34)CC2)C1. The third kappa shape index (κ3) is 3.56. The Morgan fingerprint density at radius 2 is 2.03 bits per heavy atom. The van der Waals surface area contributed by atoms with Crippen LogP contribution in [-0.2, 0) is 4.79 Å². The predicted octanol–water partition coefficient (Wildman–Crippen LogP) is 3.98. The lowest BCUT2D eigenvalue weighted by molar-refractivity contribution is -0.134. The van der Waals surface area contributed by atoms with E-state index in [1.54, 1.807) is 0 Å². The molecule has 1 N–H and O–H groups in total. The van der Waals surface area contributed by atoms with Crippen LogP contribution in [0.25, 0.3) is 21.9 Å². The molecule has 0 aromatic carbocycles. The van der Waals surface area contributed by atoms with E-state index in [4.69, 9.17) is 0 Å². The summed E-state index contributed by atoms with van der Waals surface area (Å²) < 4.78 is 0. The Morgan fingerprint density at radius 1 is 1.17 bits per heavy atom. The van der Waals surface area contributed by atoms with Crippen molar-refractivity contribution in [1.29, 1.82) is 0 Å². The highest BCUT2D eigenvalue weighted by molar-refractivity contribution is 6.09. The number of nitrogens with one attached hydrogen (secondary N) is 1. The van der Waals surface area contributed by atoms with E-state index in [2.05, 4.69) is 37.7 Å². The molecule has 0 spiro atoms. The summed E-state index contributed by atoms with van der Waals surface area (Å²) in [5, 5.41) is 2.30. The third-order valence-electron chi connectivity index (χ3n) is 6.70. The molecule has 0 bridgehead atoms. The quantitative estimate of drug-likeness (QED) is 0.734. The Labute approximate surface area is 171 Å². The normalized spacial score (nSPS) is 21.2. The number of hydrogen-bond acceptors (Lipinski definition) is 4. The number of nitrogens with zero attached hydrogens (tertiary/aromatic N) is 4. The molecule has 1 atom stereocenters. The number of amides is 1. The third-order valence-corrected chi connectivity index (χ3v) is 6.70. The maximum absolute atomic E-state index is 12.7. The molecule has 2 aliphatic rings. The lowest BCUT2D eigenvalue weighted by atomic mass is 9.91. The average Bonchev–Trinajstić information content (AvgIpc) is 3.23. The second kappa shape index (κ2) is 7.65. The van der Waals surface area contributed by atoms with Gasteiger partial charge in [0.05, 0.1) is 11.7 Å². The first-order valence-corrected chi connectivity index (χ1v) is 10.9. The molecular formula is C23H29N5O. The van der Waals surface area contributed by atoms with Gasteiger partial charge < -0.3 is 14.8 Å². The van der Waals surface area contributed by atoms with Crippen LogP contribution in [0.15, 0.2) is 30.7 Å². The zero-order valence-electron chi connectivity index (χ0n) is 17.1. The summed E-state index contributed by atoms with van der Waals surface area (Å²) >= 11 is 0. The van der Waals surface area contributed by atoms with E-state index >= 15 is 0 Å². The van der Waals surface area contributed by atoms with Gasteiger partial charge in [0.2, 0.25) is 5.91 Å². The average molecular weight is 392 g/mol. The van der Waals surface area contributed by atoms with Crippen LogP contribution in [0.3, 0.4) is 0 Å². The lowest BCUT2D eigenvalue weighted by Gasteiger charge is -2.36. The molecule has 1 unspecified atom stereocenters. The number of rotatable bonds is 3. The van der Waals surface area contributed by atoms with Crippen LogP contribution >= 0.6 is 0 Å². The Bertz CT molecular complexity index is 1020. The molecule has 5 heterocycles. The molecular weight excluding hydrogens is 362 g/mol. The van der Waals surface area contributed by atoms with Crippen LogP contribution in [0.2, 0.25) is 0 Å². The van der Waals surface area contributed by atoms with Crippen LogP contribution in [0.1, 0.15) is 39.0 Å². The predicted molar refractivity (Wildman–Crippen MR) is 116 cm³/mol. The van der Waals surface area contributed by atoms with Crippen molar-refractivity contribution in [2.45, 2.75) is 39.0 Å². The number of hydrogen-bond donors (Lipinski definition) is 1. The summed E-state index contributed by atoms with van der Waals surface area (Å²) in [6.45, 7) is 6.14. The summed E-state index contributed by atoms with van der Waals surface area (Å²) in [5.74, 6) is 1.51. The fourth-order valence-corrected chi connectivity index (χ4v) is 5.07. The van der Waals surface area contributed by atoms with Gasteiger partial charge in [0.15, 0.2) is 5.65 Å². The van der Waals surface area contributed by atoms with Crippen molar-refractivity contribution in [2.24, 2.45) is 11.8 Å². The van der Waals surface area contributed by atoms with E-state index in [9.17, 15) is 4.79 Å². The maximum Gasteiger partial charge on any atom is 0.222 e. The minimum Gasteiger partial charge on any atom is -0.371 e. The highest BCUT2D eigenvalue weighted by atomic mass is 16.2. The number of likely N-dealkylation sites (tertiary alicyclic amines) is 1. The largest absolute Gasteiger partial charge is 0.371 e. The van der Waals surface area contributed by atoms with E-state index < -0.39 is 0 Å². The minimum absolute atomic E-state index is 0.366. The highest BCUT2D eigenvalue weighted by Crippen LogP contribution is 2.34. The molecule has 5 rings (SSSR count). The smallest absolute Gasteiger partial charge is 0.222 e. The van der Waals surface area contributed by atoms with Crippen molar-refractivity contribution in [3.63, 3.8) is 0 Å². The summed E-state index contributed by atoms with van der Waals surface area (Å²) in [7, 11) is 0. The summed E-state index contributed by atoms with van der Waals surface area (Å²) in [6, 6.07) is 4.21. The first-order valence-electron chi connectivity index (χ1n) is 10.9. The van der Waals surface area contributed by atoms with Crippen molar-refractivity contribution in [3.05, 3.63) is 30.7 Å². The van der Waals surface area contributed by atoms with Crippen LogP contribution in [0.4, 0.5) is 5.69 Å². The van der Waals surface area contributed by atoms with Gasteiger partial charge in [-0.2, -0.15) is 0 Å². The van der Waals surface area contributed by atoms with E-state index in [0.717, 1.165) is 62.0 Å². The maximum atomic E-state index is 12.7. The number of aromatic nitrogens is 3. The fraction of sp³-hybridized carbons (Fsp3) is 0.522. The van der Waals surface area contributed by atoms with Crippen LogP contribution in [0, 0.1) is 11.8 Å². The van der Waals surface area contributed by atoms with Gasteiger partial charge in [0.25, 0.3) is 0 Å². The molecule has 0 saturated carbocycles. The Balaban J connectivity index is 1.29. The highest BCUT2D eigenvalue weighted by Gasteiger charge is 2.27. The monoisotopic (exact) mass is 391 g/mol. The van der Waals surface area contributed by atoms with E-state index in [-0.39, 0.29) is 0 Å². The molecule has 0 aliphatic carbocycles. The lowest BCUT2D eigenvalue weighted by Crippen LogP contribution is -2.41. The van der Waals surface area contributed by atoms with Crippen molar-refractivity contribution >= 4 is 33.5 Å². The molecule has 6 nitrogen and oxygen atoms in total. The number of anilines is 1. The Morgan fingerprint density at radius 3 is 2.86 bits per heavy atom. The minimum atomic E-state index is 0.366. The van der Waals surface area contributed by atoms with Gasteiger partial charge in [-0.15, -0.1) is 0 Å². The number of carbonyl (C=O) groups excluding carboxylic acids is 1. The van der Waals surface area contributed by atoms with Gasteiger partial charge in [-0.25, -0.2) is 9.97 Å². The first kappa shape index (κ1) is 18.4. The van der Waals surface area contributed by atoms with Crippen LogP contribution in [-0.4, -0.2) is 51.9 Å². The van der Waals surface area contributed by atoms with E-state index in [1.807, 2.05) is 24.7 Å². The number of H-pyrrole nitrogens is 1. The second-order valence-electron chi connectivity index (χ2n) is 8.81. The van der Waals surface area contributed by atoms with E-state index in [1.165, 1.54) is 17.5 Å². The zero-order chi connectivity index (χ0) is 19.8. The van der Waals surface area contributed by atoms with Gasteiger partial charge in [-0.3, -0.25) is 4.79 Å². The summed E-state index contributed by atoms with van der Waals surface area (Å²) in [5.41, 5.74) is 3.09. The molecule has 6 heteroatoms. The summed E-state index contributed by atoms with van der Waals surface area (Å²) in [4.78, 5) is 29.4. The zero-order valence-corrected chi connectivity index (χ0v) is 17.1. The summed E-state index contributed by atoms with van der Waals surface area (Å²) in [6.07, 6.45) is 11.0. The molecule has 1 amide bonds. The molecule has 2 fully saturated rings. The molecule has 3 aromatic heterocycles. The van der Waals surface area contributed by atoms with Gasteiger partial charge in [-0.05, 0) is 49.7 Å². The molecule has 2 aliphatic heterocycles. The topological polar surface area (TPSA) is 65.1 Å². The fourth-order valence-electron chi connectivity index (χ4n) is 5.07. The number of fused-ring (bicyclic) bond motifs is 3. The van der Waals surface area contributed by atoms with Crippen molar-refractivity contribution in [2.75, 3.05) is 31.1 Å².